The number of H-pyrrole nitrogens is 1. The van der Waals surface area contributed by atoms with Crippen molar-refractivity contribution in [2.45, 2.75) is 24.9 Å². The van der Waals surface area contributed by atoms with Gasteiger partial charge in [-0.1, -0.05) is 23.2 Å². The minimum absolute atomic E-state index is 0.0101. The second-order valence-corrected chi connectivity index (χ2v) is 7.78. The summed E-state index contributed by atoms with van der Waals surface area (Å²) in [6, 6.07) is 8.34. The SMILES string of the molecule is C[C@H]1Cc2c([nH]c3cc(Cl)c(F)cc23)C2(N1)C(=O)Nc1ccc(Cl)cc12. The van der Waals surface area contributed by atoms with Crippen LogP contribution < -0.4 is 10.6 Å². The van der Waals surface area contributed by atoms with Gasteiger partial charge in [-0.05, 0) is 49.2 Å². The first-order chi connectivity index (χ1) is 12.4. The summed E-state index contributed by atoms with van der Waals surface area (Å²) in [7, 11) is 0. The van der Waals surface area contributed by atoms with Crippen LogP contribution in [0.5, 0.6) is 0 Å². The van der Waals surface area contributed by atoms with Crippen LogP contribution >= 0.6 is 23.2 Å². The maximum Gasteiger partial charge on any atom is 0.255 e. The lowest BCUT2D eigenvalue weighted by atomic mass is 9.80. The Kier molecular flexibility index (Phi) is 3.24. The summed E-state index contributed by atoms with van der Waals surface area (Å²) in [5.41, 5.74) is 2.74. The summed E-state index contributed by atoms with van der Waals surface area (Å²) >= 11 is 12.2. The third-order valence-corrected chi connectivity index (χ3v) is 5.79. The van der Waals surface area contributed by atoms with Crippen molar-refractivity contribution in [3.8, 4) is 0 Å². The van der Waals surface area contributed by atoms with Gasteiger partial charge in [-0.15, -0.1) is 0 Å². The number of hydrogen-bond donors (Lipinski definition) is 3. The molecule has 7 heteroatoms. The molecule has 3 heterocycles. The standard InChI is InChI=1S/C19H14Cl2FN3O/c1-8-4-11-10-6-14(22)13(21)7-16(10)23-17(11)19(25-8)12-5-9(20)2-3-15(12)24-18(19)26/h2-3,5-8,23,25H,4H2,1H3,(H,24,26)/t8-,19?/m0/s1. The van der Waals surface area contributed by atoms with Gasteiger partial charge in [0.1, 0.15) is 5.82 Å². The predicted octanol–water partition coefficient (Wildman–Crippen LogP) is 4.34. The molecular weight excluding hydrogens is 376 g/mol. The van der Waals surface area contributed by atoms with Crippen molar-refractivity contribution in [1.82, 2.24) is 10.3 Å². The molecule has 1 unspecified atom stereocenters. The molecule has 4 nitrogen and oxygen atoms in total. The molecule has 0 fully saturated rings. The van der Waals surface area contributed by atoms with E-state index in [1.54, 1.807) is 24.3 Å². The highest BCUT2D eigenvalue weighted by Gasteiger charge is 2.53. The van der Waals surface area contributed by atoms with Gasteiger partial charge >= 0.3 is 0 Å². The van der Waals surface area contributed by atoms with E-state index in [1.165, 1.54) is 6.07 Å². The van der Waals surface area contributed by atoms with Crippen molar-refractivity contribution >= 4 is 45.7 Å². The first kappa shape index (κ1) is 16.1. The van der Waals surface area contributed by atoms with Crippen molar-refractivity contribution in [2.75, 3.05) is 5.32 Å². The molecule has 0 saturated heterocycles. The Hall–Kier alpha value is -2.08. The Balaban J connectivity index is 1.87. The fourth-order valence-electron chi connectivity index (χ4n) is 4.24. The van der Waals surface area contributed by atoms with Gasteiger partial charge in [-0.2, -0.15) is 0 Å². The predicted molar refractivity (Wildman–Crippen MR) is 100 cm³/mol. The summed E-state index contributed by atoms with van der Waals surface area (Å²) in [5.74, 6) is -0.652. The number of carbonyl (C=O) groups excluding carboxylic acids is 1. The molecule has 2 aromatic carbocycles. The first-order valence-corrected chi connectivity index (χ1v) is 9.05. The minimum Gasteiger partial charge on any atom is -0.356 e. The van der Waals surface area contributed by atoms with Crippen molar-refractivity contribution in [3.63, 3.8) is 0 Å². The van der Waals surface area contributed by atoms with Gasteiger partial charge in [0.05, 0.1) is 10.7 Å². The Morgan fingerprint density at radius 1 is 1.23 bits per heavy atom. The minimum atomic E-state index is -1.09. The molecule has 1 aromatic heterocycles. The van der Waals surface area contributed by atoms with E-state index in [0.717, 1.165) is 22.2 Å². The Morgan fingerprint density at radius 2 is 2.04 bits per heavy atom. The van der Waals surface area contributed by atoms with E-state index in [-0.39, 0.29) is 17.0 Å². The molecule has 3 aromatic rings. The third-order valence-electron chi connectivity index (χ3n) is 5.27. The largest absolute Gasteiger partial charge is 0.356 e. The van der Waals surface area contributed by atoms with E-state index in [1.807, 2.05) is 6.92 Å². The number of aromatic nitrogens is 1. The van der Waals surface area contributed by atoms with Crippen LogP contribution in [0, 0.1) is 5.82 Å². The Labute approximate surface area is 158 Å². The number of aromatic amines is 1. The van der Waals surface area contributed by atoms with Crippen LogP contribution in [0.1, 0.15) is 23.7 Å². The molecule has 0 aliphatic carbocycles. The van der Waals surface area contributed by atoms with Crippen molar-refractivity contribution in [1.29, 1.82) is 0 Å². The van der Waals surface area contributed by atoms with Crippen LogP contribution in [-0.2, 0) is 16.8 Å². The van der Waals surface area contributed by atoms with Crippen LogP contribution in [0.3, 0.4) is 0 Å². The normalized spacial score (nSPS) is 24.0. The van der Waals surface area contributed by atoms with Crippen LogP contribution in [0.15, 0.2) is 30.3 Å². The van der Waals surface area contributed by atoms with Gasteiger partial charge in [0, 0.05) is 33.2 Å². The Bertz CT molecular complexity index is 1110. The highest BCUT2D eigenvalue weighted by atomic mass is 35.5. The smallest absolute Gasteiger partial charge is 0.255 e. The number of benzene rings is 2. The average Bonchev–Trinajstić information content (AvgIpc) is 3.06. The number of nitrogens with one attached hydrogen (secondary N) is 3. The molecule has 132 valence electrons. The molecule has 0 radical (unpaired) electrons. The molecule has 2 atom stereocenters. The number of anilines is 1. The lowest BCUT2D eigenvalue weighted by Gasteiger charge is -2.37. The molecule has 26 heavy (non-hydrogen) atoms. The van der Waals surface area contributed by atoms with Crippen LogP contribution in [0.2, 0.25) is 10.0 Å². The van der Waals surface area contributed by atoms with Gasteiger partial charge in [-0.3, -0.25) is 10.1 Å². The molecule has 0 saturated carbocycles. The van der Waals surface area contributed by atoms with Gasteiger partial charge in [0.15, 0.2) is 5.54 Å². The van der Waals surface area contributed by atoms with E-state index in [9.17, 15) is 9.18 Å². The summed E-state index contributed by atoms with van der Waals surface area (Å²) < 4.78 is 14.1. The molecule has 3 N–H and O–H groups in total. The molecule has 2 aliphatic heterocycles. The maximum absolute atomic E-state index is 14.1. The summed E-state index contributed by atoms with van der Waals surface area (Å²) in [6.45, 7) is 2.01. The fourth-order valence-corrected chi connectivity index (χ4v) is 4.58. The molecule has 1 amide bonds. The maximum atomic E-state index is 14.1. The van der Waals surface area contributed by atoms with E-state index in [0.29, 0.717) is 22.7 Å². The zero-order valence-corrected chi connectivity index (χ0v) is 15.2. The number of carbonyl (C=O) groups is 1. The Morgan fingerprint density at radius 3 is 2.85 bits per heavy atom. The zero-order valence-electron chi connectivity index (χ0n) is 13.7. The molecule has 2 aliphatic rings. The topological polar surface area (TPSA) is 56.9 Å². The zero-order chi connectivity index (χ0) is 18.2. The van der Waals surface area contributed by atoms with Gasteiger partial charge in [0.25, 0.3) is 5.91 Å². The van der Waals surface area contributed by atoms with Crippen molar-refractivity contribution in [3.05, 3.63) is 63.0 Å². The first-order valence-electron chi connectivity index (χ1n) is 8.29. The van der Waals surface area contributed by atoms with Crippen molar-refractivity contribution < 1.29 is 9.18 Å². The second-order valence-electron chi connectivity index (χ2n) is 6.93. The number of rotatable bonds is 0. The lowest BCUT2D eigenvalue weighted by molar-refractivity contribution is -0.121. The quantitative estimate of drug-likeness (QED) is 0.535. The van der Waals surface area contributed by atoms with Gasteiger partial charge < -0.3 is 10.3 Å². The van der Waals surface area contributed by atoms with E-state index in [2.05, 4.69) is 15.6 Å². The van der Waals surface area contributed by atoms with Crippen LogP contribution in [0.4, 0.5) is 10.1 Å². The molecular formula is C19H14Cl2FN3O. The number of amides is 1. The second kappa shape index (κ2) is 5.22. The monoisotopic (exact) mass is 389 g/mol. The average molecular weight is 390 g/mol. The third kappa shape index (κ3) is 1.96. The molecule has 0 bridgehead atoms. The summed E-state index contributed by atoms with van der Waals surface area (Å²) in [4.78, 5) is 16.4. The fraction of sp³-hybridized carbons (Fsp3) is 0.211. The lowest BCUT2D eigenvalue weighted by Crippen LogP contribution is -2.56. The van der Waals surface area contributed by atoms with E-state index < -0.39 is 11.4 Å². The highest BCUT2D eigenvalue weighted by Crippen LogP contribution is 2.47. The van der Waals surface area contributed by atoms with Gasteiger partial charge in [-0.25, -0.2) is 4.39 Å². The molecule has 5 rings (SSSR count). The van der Waals surface area contributed by atoms with E-state index in [4.69, 9.17) is 23.2 Å². The summed E-state index contributed by atoms with van der Waals surface area (Å²) in [6.07, 6.45) is 0.668. The van der Waals surface area contributed by atoms with Gasteiger partial charge in [0.2, 0.25) is 0 Å². The highest BCUT2D eigenvalue weighted by molar-refractivity contribution is 6.31. The van der Waals surface area contributed by atoms with Crippen molar-refractivity contribution in [2.24, 2.45) is 0 Å². The number of hydrogen-bond acceptors (Lipinski definition) is 2. The summed E-state index contributed by atoms with van der Waals surface area (Å²) in [5, 5.41) is 7.72. The number of halogens is 3. The van der Waals surface area contributed by atoms with Crippen LogP contribution in [0.25, 0.3) is 10.9 Å². The number of fused-ring (bicyclic) bond motifs is 6. The van der Waals surface area contributed by atoms with Crippen LogP contribution in [-0.4, -0.2) is 16.9 Å². The van der Waals surface area contributed by atoms with E-state index >= 15 is 0 Å². The molecule has 1 spiro atoms.